The third-order valence-corrected chi connectivity index (χ3v) is 12.0. The number of nitrogens with two attached hydrogens (primary N) is 7. The number of halogens is 9. The molecule has 0 fully saturated rings. The van der Waals surface area contributed by atoms with E-state index in [0.717, 1.165) is 9.13 Å². The quantitative estimate of drug-likeness (QED) is 0.0127. The van der Waals surface area contributed by atoms with Gasteiger partial charge in [0.1, 0.15) is 29.3 Å². The molecule has 0 aliphatic carbocycles. The number of aliphatic imine (C=N–C) groups is 1. The summed E-state index contributed by atoms with van der Waals surface area (Å²) in [6, 6.07) is 18.1. The van der Waals surface area contributed by atoms with E-state index in [2.05, 4.69) is 173 Å². The molecule has 18 N–H and O–H groups in total. The first-order chi connectivity index (χ1) is 42.7. The lowest BCUT2D eigenvalue weighted by atomic mass is 10.3. The predicted molar refractivity (Wildman–Crippen MR) is 318 cm³/mol. The molecular formula is C43H36Br4ClF4N25O12S. The van der Waals surface area contributed by atoms with Gasteiger partial charge in [-0.2, -0.15) is 13.7 Å². The lowest BCUT2D eigenvalue weighted by Gasteiger charge is -2.05. The van der Waals surface area contributed by atoms with Gasteiger partial charge >= 0.3 is 11.5 Å². The van der Waals surface area contributed by atoms with Gasteiger partial charge < -0.3 is 44.0 Å². The maximum Gasteiger partial charge on any atom is 0.446 e. The molecule has 0 amide bonds. The zero-order valence-corrected chi connectivity index (χ0v) is 51.9. The van der Waals surface area contributed by atoms with Crippen molar-refractivity contribution < 1.29 is 64.0 Å². The number of oxime groups is 1. The van der Waals surface area contributed by atoms with Crippen molar-refractivity contribution in [1.29, 1.82) is 5.26 Å². The fourth-order valence-electron chi connectivity index (χ4n) is 5.60. The van der Waals surface area contributed by atoms with Crippen LogP contribution in [0.15, 0.2) is 138 Å². The van der Waals surface area contributed by atoms with Gasteiger partial charge in [0.05, 0.1) is 35.0 Å². The largest absolute Gasteiger partial charge is 0.446 e. The fourth-order valence-corrected chi connectivity index (χ4v) is 7.23. The van der Waals surface area contributed by atoms with Crippen LogP contribution >= 0.6 is 75.3 Å². The Morgan fingerprint density at radius 2 is 1.12 bits per heavy atom. The Labute approximate surface area is 535 Å². The molecule has 0 aliphatic rings. The number of rotatable bonds is 10. The summed E-state index contributed by atoms with van der Waals surface area (Å²) in [5.74, 6) is -3.00. The van der Waals surface area contributed by atoms with Crippen LogP contribution in [0.25, 0.3) is 39.3 Å². The first kappa shape index (κ1) is 72.4. The van der Waals surface area contributed by atoms with Crippen molar-refractivity contribution in [2.24, 2.45) is 26.2 Å². The van der Waals surface area contributed by atoms with E-state index in [9.17, 15) is 35.6 Å². The molecule has 0 radical (unpaired) electrons. The molecule has 0 saturated carbocycles. The highest BCUT2D eigenvalue weighted by Gasteiger charge is 2.24. The van der Waals surface area contributed by atoms with Crippen LogP contribution in [-0.4, -0.2) is 110 Å². The van der Waals surface area contributed by atoms with Gasteiger partial charge in [-0.05, 0) is 178 Å². The number of hydrogen-bond donors (Lipinski definition) is 11. The van der Waals surface area contributed by atoms with Crippen molar-refractivity contribution in [2.45, 2.75) is 0 Å². The van der Waals surface area contributed by atoms with Gasteiger partial charge in [0.2, 0.25) is 22.6 Å². The summed E-state index contributed by atoms with van der Waals surface area (Å²) in [6.07, 6.45) is 0. The van der Waals surface area contributed by atoms with Crippen molar-refractivity contribution >= 4 is 131 Å². The topological polar surface area (TPSA) is 585 Å². The summed E-state index contributed by atoms with van der Waals surface area (Å²) in [7, 11) is -3.67. The third kappa shape index (κ3) is 21.7. The zero-order valence-electron chi connectivity index (χ0n) is 44.0. The van der Waals surface area contributed by atoms with E-state index in [4.69, 9.17) is 62.5 Å². The van der Waals surface area contributed by atoms with E-state index in [1.165, 1.54) is 72.8 Å². The number of nitrogens with one attached hydrogen (secondary N) is 2. The Kier molecular flexibility index (Phi) is 28.2. The highest BCUT2D eigenvalue weighted by molar-refractivity contribution is 9.11. The van der Waals surface area contributed by atoms with E-state index < -0.39 is 39.2 Å². The van der Waals surface area contributed by atoms with Crippen molar-refractivity contribution in [3.8, 4) is 40.5 Å². The summed E-state index contributed by atoms with van der Waals surface area (Å²) in [6.45, 7) is 6.78. The molecule has 90 heavy (non-hydrogen) atoms. The predicted octanol–water partition coefficient (Wildman–Crippen LogP) is 4.89. The van der Waals surface area contributed by atoms with E-state index in [0.29, 0.717) is 40.3 Å². The molecule has 37 nitrogen and oxygen atoms in total. The Morgan fingerprint density at radius 1 is 0.678 bits per heavy atom. The van der Waals surface area contributed by atoms with E-state index >= 15 is 0 Å². The smallest absolute Gasteiger partial charge is 0.410 e. The van der Waals surface area contributed by atoms with Crippen LogP contribution in [-0.2, 0) is 10.2 Å². The number of amidine groups is 1. The molecule has 474 valence electrons. The highest BCUT2D eigenvalue weighted by Crippen LogP contribution is 2.28. The normalized spacial score (nSPS) is 10.7. The average Bonchev–Trinajstić information content (AvgIpc) is 1.87. The molecular weight excluding hydrogens is 1520 g/mol. The SMILES string of the molecule is NCCNc1nonc1-c1noc(=O)n1-c1ccc(F)c(Br)c1.NS(N)(=O)=O.Nc1ccc(F)c(Br)c1.Nc1nonc1-c1noc(=O)n1-c1ccc(F)c(Br)c1.Nc1nonc1/C(Cl)=N/O.Nc1nonc1C(=Nc1ccc(F)c(Br)c1)NO.[C-]#[N+]CC#N. The molecule has 0 spiro atoms. The van der Waals surface area contributed by atoms with Crippen molar-refractivity contribution in [3.63, 3.8) is 0 Å². The zero-order chi connectivity index (χ0) is 66.8. The van der Waals surface area contributed by atoms with Gasteiger partial charge in [-0.25, -0.2) is 76.6 Å². The molecule has 10 aromatic rings. The van der Waals surface area contributed by atoms with Crippen molar-refractivity contribution in [1.82, 2.24) is 66.2 Å². The fraction of sp³-hybridized carbons (Fsp3) is 0.0698. The molecule has 4 aromatic carbocycles. The Hall–Kier alpha value is -10.0. The number of nitriles is 1. The summed E-state index contributed by atoms with van der Waals surface area (Å²) >= 11 is 17.4. The summed E-state index contributed by atoms with van der Waals surface area (Å²) in [5, 5.41) is 73.1. The van der Waals surface area contributed by atoms with Crippen molar-refractivity contribution in [2.75, 3.05) is 47.9 Å². The first-order valence-electron chi connectivity index (χ1n) is 22.8. The monoisotopic (exact) mass is 1550 g/mol. The Morgan fingerprint density at radius 3 is 1.52 bits per heavy atom. The minimum atomic E-state index is -3.67. The lowest BCUT2D eigenvalue weighted by molar-refractivity contribution is 0.234. The second-order valence-corrected chi connectivity index (χ2v) is 20.3. The minimum Gasteiger partial charge on any atom is -0.410 e. The Bertz CT molecular complexity index is 4400. The molecule has 0 saturated heterocycles. The first-order valence-corrected chi connectivity index (χ1v) is 28.0. The van der Waals surface area contributed by atoms with Crippen LogP contribution in [0, 0.1) is 41.2 Å². The van der Waals surface area contributed by atoms with Crippen LogP contribution in [0.5, 0.6) is 0 Å². The molecule has 10 rings (SSSR count). The summed E-state index contributed by atoms with van der Waals surface area (Å²) < 4.78 is 101. The molecule has 6 aromatic heterocycles. The van der Waals surface area contributed by atoms with Crippen LogP contribution in [0.1, 0.15) is 11.4 Å². The maximum absolute atomic E-state index is 13.4. The van der Waals surface area contributed by atoms with Gasteiger partial charge in [0, 0.05) is 18.8 Å². The molecule has 0 unspecified atom stereocenters. The molecule has 0 atom stereocenters. The van der Waals surface area contributed by atoms with E-state index in [1.807, 2.05) is 5.48 Å². The second-order valence-electron chi connectivity index (χ2n) is 15.4. The molecule has 0 bridgehead atoms. The van der Waals surface area contributed by atoms with Crippen LogP contribution < -0.4 is 61.3 Å². The van der Waals surface area contributed by atoms with Crippen LogP contribution in [0.2, 0.25) is 0 Å². The van der Waals surface area contributed by atoms with Gasteiger partial charge in [-0.1, -0.05) is 27.1 Å². The van der Waals surface area contributed by atoms with Gasteiger partial charge in [-0.15, -0.1) is 0 Å². The standard InChI is InChI=1S/C12H10BrFN6O3.C10H5BrFN5O3.C9H7BrFN5O2.C6H5BrFN.C3H3ClN4O2.C3H2N2.H4N2O2S/c13-7-5-6(1-2-8(7)14)20-11(19-22-12(20)21)9-10(16-4-3-15)18-23-17-9;11-5-3-4(1-2-6(5)12)17-9(16-19-10(17)18)7-8(13)15-20-14-7;10-5-3-4(1-2-6(5)11)13-9(14-17)7-8(12)16-18-15-7;7-5-3-4(9)1-2-6(5)8;4-2(6-9)1-3(5)8-10-7-1;1-5-3-2-4;1-5(2,3)4/h1-2,5H,3-4,15H2,(H,16,18);1-3H,(H2,13,15);1-3,17H,(H2,12,16)(H,13,14);1-3H,9H2;9H,(H2,5,8);3H2;(H4,1,2,3,4)/b;;;;6-2-;;. The maximum atomic E-state index is 13.4. The summed E-state index contributed by atoms with van der Waals surface area (Å²) in [5.41, 5.74) is 30.7. The van der Waals surface area contributed by atoms with Crippen molar-refractivity contribution in [3.05, 3.63) is 158 Å². The number of nitrogens with zero attached hydrogens (tertiary/aromatic N) is 16. The average molecular weight is 1560 g/mol. The van der Waals surface area contributed by atoms with Gasteiger partial charge in [-0.3, -0.25) is 19.7 Å². The highest BCUT2D eigenvalue weighted by atomic mass is 79.9. The Balaban J connectivity index is 0.000000238. The molecule has 0 aliphatic heterocycles. The number of hydroxylamine groups is 1. The van der Waals surface area contributed by atoms with E-state index in [-0.39, 0.29) is 94.5 Å². The third-order valence-electron chi connectivity index (χ3n) is 9.27. The molecule has 6 heterocycles. The number of benzene rings is 4. The minimum absolute atomic E-state index is 0.00672. The second kappa shape index (κ2) is 35.1. The summed E-state index contributed by atoms with van der Waals surface area (Å²) in [4.78, 5) is 30.5. The number of hydrogen-bond acceptors (Lipinski definition) is 31. The number of aromatic nitrogens is 12. The van der Waals surface area contributed by atoms with Gasteiger partial charge in [0.25, 0.3) is 16.8 Å². The lowest BCUT2D eigenvalue weighted by Crippen LogP contribution is -2.21. The van der Waals surface area contributed by atoms with Gasteiger partial charge in [0.15, 0.2) is 46.1 Å². The number of nitrogen functional groups attached to an aromatic ring is 4. The number of anilines is 5. The van der Waals surface area contributed by atoms with Crippen LogP contribution in [0.4, 0.5) is 52.2 Å². The van der Waals surface area contributed by atoms with E-state index in [1.54, 1.807) is 6.07 Å². The van der Waals surface area contributed by atoms with Crippen LogP contribution in [0.3, 0.4) is 0 Å². The molecule has 47 heteroatoms.